The Kier molecular flexibility index (Phi) is 4.15. The summed E-state index contributed by atoms with van der Waals surface area (Å²) in [6.45, 7) is 1.13. The van der Waals surface area contributed by atoms with E-state index < -0.39 is 11.6 Å². The molecule has 0 spiro atoms. The minimum atomic E-state index is -0.632. The molecule has 110 valence electrons. The number of ether oxygens (including phenoxy) is 1. The van der Waals surface area contributed by atoms with E-state index in [1.54, 1.807) is 0 Å². The number of rotatable bonds is 6. The van der Waals surface area contributed by atoms with Gasteiger partial charge in [-0.2, -0.15) is 0 Å². The van der Waals surface area contributed by atoms with Gasteiger partial charge in [0.25, 0.3) is 0 Å². The molecule has 0 atom stereocenters. The Morgan fingerprint density at radius 3 is 2.43 bits per heavy atom. The van der Waals surface area contributed by atoms with Crippen molar-refractivity contribution in [2.24, 2.45) is 0 Å². The number of benzene rings is 2. The van der Waals surface area contributed by atoms with Gasteiger partial charge in [0.2, 0.25) is 0 Å². The van der Waals surface area contributed by atoms with Crippen LogP contribution < -0.4 is 10.1 Å². The lowest BCUT2D eigenvalue weighted by molar-refractivity contribution is 0.302. The molecule has 0 radical (unpaired) electrons. The summed E-state index contributed by atoms with van der Waals surface area (Å²) in [5.41, 5.74) is 2.17. The molecule has 2 aromatic rings. The quantitative estimate of drug-likeness (QED) is 0.873. The first-order chi connectivity index (χ1) is 10.2. The Bertz CT molecular complexity index is 606. The van der Waals surface area contributed by atoms with Gasteiger partial charge in [-0.1, -0.05) is 24.3 Å². The van der Waals surface area contributed by atoms with Crippen LogP contribution in [0.25, 0.3) is 0 Å². The largest absolute Gasteiger partial charge is 0.489 e. The van der Waals surface area contributed by atoms with Gasteiger partial charge in [-0.3, -0.25) is 0 Å². The van der Waals surface area contributed by atoms with Crippen LogP contribution in [0.2, 0.25) is 0 Å². The Morgan fingerprint density at radius 2 is 1.71 bits per heavy atom. The van der Waals surface area contributed by atoms with E-state index in [2.05, 4.69) is 11.4 Å². The molecule has 0 heterocycles. The molecule has 21 heavy (non-hydrogen) atoms. The molecule has 0 aliphatic heterocycles. The van der Waals surface area contributed by atoms with Crippen molar-refractivity contribution < 1.29 is 13.5 Å². The zero-order chi connectivity index (χ0) is 14.7. The molecule has 0 unspecified atom stereocenters. The van der Waals surface area contributed by atoms with Crippen molar-refractivity contribution in [1.82, 2.24) is 5.32 Å². The highest BCUT2D eigenvalue weighted by atomic mass is 19.1. The molecular weight excluding hydrogens is 272 g/mol. The molecule has 3 rings (SSSR count). The van der Waals surface area contributed by atoms with E-state index in [1.165, 1.54) is 30.5 Å². The van der Waals surface area contributed by atoms with Gasteiger partial charge in [-0.15, -0.1) is 0 Å². The van der Waals surface area contributed by atoms with Crippen LogP contribution in [0.15, 0.2) is 42.5 Å². The van der Waals surface area contributed by atoms with E-state index in [9.17, 15) is 8.78 Å². The van der Waals surface area contributed by atoms with Crippen molar-refractivity contribution in [2.75, 3.05) is 0 Å². The van der Waals surface area contributed by atoms with Gasteiger partial charge in [0.05, 0.1) is 0 Å². The fourth-order valence-electron chi connectivity index (χ4n) is 2.16. The van der Waals surface area contributed by atoms with Crippen molar-refractivity contribution in [2.45, 2.75) is 32.0 Å². The highest BCUT2D eigenvalue weighted by molar-refractivity contribution is 5.26. The summed E-state index contributed by atoms with van der Waals surface area (Å²) in [6, 6.07) is 11.9. The third-order valence-corrected chi connectivity index (χ3v) is 3.41. The number of hydrogen-bond donors (Lipinski definition) is 1. The van der Waals surface area contributed by atoms with Crippen molar-refractivity contribution in [1.29, 1.82) is 0 Å². The van der Waals surface area contributed by atoms with Gasteiger partial charge >= 0.3 is 0 Å². The molecule has 1 N–H and O–H groups in total. The predicted octanol–water partition coefficient (Wildman–Crippen LogP) is 3.80. The SMILES string of the molecule is Fc1cc(F)cc(OCc2cccc(CNC3CC3)c2)c1. The van der Waals surface area contributed by atoms with E-state index in [4.69, 9.17) is 4.74 Å². The van der Waals surface area contributed by atoms with E-state index >= 15 is 0 Å². The summed E-state index contributed by atoms with van der Waals surface area (Å²) in [4.78, 5) is 0. The van der Waals surface area contributed by atoms with E-state index in [1.807, 2.05) is 18.2 Å². The second-order valence-electron chi connectivity index (χ2n) is 5.37. The van der Waals surface area contributed by atoms with Crippen LogP contribution in [-0.4, -0.2) is 6.04 Å². The molecular formula is C17H17F2NO. The van der Waals surface area contributed by atoms with Crippen LogP contribution in [0.5, 0.6) is 5.75 Å². The molecule has 1 aliphatic carbocycles. The Hall–Kier alpha value is -1.94. The van der Waals surface area contributed by atoms with Gasteiger partial charge in [-0.25, -0.2) is 8.78 Å². The maximum atomic E-state index is 13.1. The lowest BCUT2D eigenvalue weighted by atomic mass is 10.1. The summed E-state index contributed by atoms with van der Waals surface area (Å²) >= 11 is 0. The lowest BCUT2D eigenvalue weighted by Gasteiger charge is -2.09. The van der Waals surface area contributed by atoms with E-state index in [-0.39, 0.29) is 5.75 Å². The van der Waals surface area contributed by atoms with Gasteiger partial charge in [-0.05, 0) is 24.0 Å². The van der Waals surface area contributed by atoms with Gasteiger partial charge < -0.3 is 10.1 Å². The standard InChI is InChI=1S/C17H17F2NO/c18-14-7-15(19)9-17(8-14)21-11-13-3-1-2-12(6-13)10-20-16-4-5-16/h1-3,6-9,16,20H,4-5,10-11H2. The highest BCUT2D eigenvalue weighted by Gasteiger charge is 2.19. The molecule has 0 amide bonds. The summed E-state index contributed by atoms with van der Waals surface area (Å²) < 4.78 is 31.6. The molecule has 2 aromatic carbocycles. The molecule has 2 nitrogen and oxygen atoms in total. The second-order valence-corrected chi connectivity index (χ2v) is 5.37. The summed E-state index contributed by atoms with van der Waals surface area (Å²) in [6.07, 6.45) is 2.52. The van der Waals surface area contributed by atoms with Crippen LogP contribution in [0.1, 0.15) is 24.0 Å². The minimum absolute atomic E-state index is 0.203. The van der Waals surface area contributed by atoms with Crippen LogP contribution in [0, 0.1) is 11.6 Å². The maximum Gasteiger partial charge on any atom is 0.129 e. The third-order valence-electron chi connectivity index (χ3n) is 3.41. The summed E-state index contributed by atoms with van der Waals surface area (Å²) in [5.74, 6) is -1.06. The van der Waals surface area contributed by atoms with Crippen molar-refractivity contribution in [3.63, 3.8) is 0 Å². The fourth-order valence-corrected chi connectivity index (χ4v) is 2.16. The van der Waals surface area contributed by atoms with Gasteiger partial charge in [0, 0.05) is 30.8 Å². The number of hydrogen-bond acceptors (Lipinski definition) is 2. The first-order valence-electron chi connectivity index (χ1n) is 7.09. The van der Waals surface area contributed by atoms with Crippen molar-refractivity contribution in [3.8, 4) is 5.75 Å². The van der Waals surface area contributed by atoms with Crippen LogP contribution in [0.3, 0.4) is 0 Å². The number of halogens is 2. The fraction of sp³-hybridized carbons (Fsp3) is 0.294. The summed E-state index contributed by atoms with van der Waals surface area (Å²) in [7, 11) is 0. The maximum absolute atomic E-state index is 13.1. The Labute approximate surface area is 122 Å². The van der Waals surface area contributed by atoms with Crippen molar-refractivity contribution >= 4 is 0 Å². The Morgan fingerprint density at radius 1 is 1.00 bits per heavy atom. The average molecular weight is 289 g/mol. The van der Waals surface area contributed by atoms with E-state index in [0.717, 1.165) is 18.2 Å². The van der Waals surface area contributed by atoms with Gasteiger partial charge in [0.1, 0.15) is 24.0 Å². The monoisotopic (exact) mass is 289 g/mol. The van der Waals surface area contributed by atoms with Crippen LogP contribution in [-0.2, 0) is 13.2 Å². The highest BCUT2D eigenvalue weighted by Crippen LogP contribution is 2.20. The molecule has 1 fully saturated rings. The molecule has 0 aromatic heterocycles. The average Bonchev–Trinajstić information content (AvgIpc) is 3.27. The normalized spacial score (nSPS) is 14.2. The second kappa shape index (κ2) is 6.22. The Balaban J connectivity index is 1.59. The zero-order valence-corrected chi connectivity index (χ0v) is 11.6. The zero-order valence-electron chi connectivity index (χ0n) is 11.6. The van der Waals surface area contributed by atoms with Crippen molar-refractivity contribution in [3.05, 3.63) is 65.2 Å². The molecule has 1 aliphatic rings. The third kappa shape index (κ3) is 4.26. The van der Waals surface area contributed by atoms with Gasteiger partial charge in [0.15, 0.2) is 0 Å². The summed E-state index contributed by atoms with van der Waals surface area (Å²) in [5, 5.41) is 3.45. The van der Waals surface area contributed by atoms with E-state index in [0.29, 0.717) is 12.6 Å². The minimum Gasteiger partial charge on any atom is -0.489 e. The predicted molar refractivity (Wildman–Crippen MR) is 77.0 cm³/mol. The topological polar surface area (TPSA) is 21.3 Å². The molecule has 0 bridgehead atoms. The molecule has 0 saturated heterocycles. The van der Waals surface area contributed by atoms with Crippen LogP contribution >= 0.6 is 0 Å². The molecule has 4 heteroatoms. The molecule has 1 saturated carbocycles. The van der Waals surface area contributed by atoms with Crippen LogP contribution in [0.4, 0.5) is 8.78 Å². The lowest BCUT2D eigenvalue weighted by Crippen LogP contribution is -2.15. The first-order valence-corrected chi connectivity index (χ1v) is 7.09. The smallest absolute Gasteiger partial charge is 0.129 e. The first kappa shape index (κ1) is 14.0. The number of nitrogens with one attached hydrogen (secondary N) is 1.